The summed E-state index contributed by atoms with van der Waals surface area (Å²) in [5.41, 5.74) is 6.87. The summed E-state index contributed by atoms with van der Waals surface area (Å²) >= 11 is 0. The van der Waals surface area contributed by atoms with Crippen molar-refractivity contribution in [2.75, 3.05) is 6.54 Å². The molecule has 1 aromatic heterocycles. The zero-order valence-corrected chi connectivity index (χ0v) is 11.6. The Bertz CT molecular complexity index is 467. The van der Waals surface area contributed by atoms with Crippen molar-refractivity contribution >= 4 is 11.7 Å². The number of nitrogens with zero attached hydrogens (tertiary/aromatic N) is 3. The maximum atomic E-state index is 12.1. The van der Waals surface area contributed by atoms with E-state index >= 15 is 0 Å². The minimum Gasteiger partial charge on any atom is -0.409 e. The first-order valence-electron chi connectivity index (χ1n) is 6.35. The number of carbonyl (C=O) groups excluding carboxylic acids is 1. The van der Waals surface area contributed by atoms with Crippen LogP contribution in [-0.4, -0.2) is 33.3 Å². The molecule has 7 nitrogen and oxygen atoms in total. The predicted molar refractivity (Wildman–Crippen MR) is 72.2 cm³/mol. The molecular weight excluding hydrogens is 246 g/mol. The average molecular weight is 267 g/mol. The van der Waals surface area contributed by atoms with Crippen molar-refractivity contribution in [3.8, 4) is 0 Å². The minimum absolute atomic E-state index is 0.0959. The largest absolute Gasteiger partial charge is 0.409 e. The predicted octanol–water partition coefficient (Wildman–Crippen LogP) is 0.578. The monoisotopic (exact) mass is 267 g/mol. The lowest BCUT2D eigenvalue weighted by molar-refractivity contribution is 0.0940. The lowest BCUT2D eigenvalue weighted by Gasteiger charge is -2.11. The zero-order chi connectivity index (χ0) is 14.4. The average Bonchev–Trinajstić information content (AvgIpc) is 2.86. The molecule has 19 heavy (non-hydrogen) atoms. The smallest absolute Gasteiger partial charge is 0.269 e. The van der Waals surface area contributed by atoms with E-state index in [4.69, 9.17) is 10.9 Å². The molecule has 1 amide bonds. The molecule has 0 aliphatic rings. The fourth-order valence-corrected chi connectivity index (χ4v) is 1.61. The maximum Gasteiger partial charge on any atom is 0.269 e. The van der Waals surface area contributed by atoms with Crippen LogP contribution in [-0.2, 0) is 13.0 Å². The number of carbonyl (C=O) groups is 1. The number of hydrogen-bond donors (Lipinski definition) is 3. The molecule has 106 valence electrons. The first-order chi connectivity index (χ1) is 9.03. The van der Waals surface area contributed by atoms with Crippen molar-refractivity contribution in [3.05, 3.63) is 17.5 Å². The number of oxime groups is 1. The van der Waals surface area contributed by atoms with Gasteiger partial charge in [-0.2, -0.15) is 5.10 Å². The standard InChI is InChI=1S/C12H21N5O2/c1-4-9-6-10(17(5-2)15-9)12(18)14-7-8(3)11(13)16-19/h6,8,19H,4-5,7H2,1-3H3,(H2,13,16)(H,14,18). The molecule has 0 bridgehead atoms. The van der Waals surface area contributed by atoms with Crippen LogP contribution < -0.4 is 11.1 Å². The van der Waals surface area contributed by atoms with E-state index in [0.29, 0.717) is 18.8 Å². The second-order valence-electron chi connectivity index (χ2n) is 4.33. The number of rotatable bonds is 6. The lowest BCUT2D eigenvalue weighted by Crippen LogP contribution is -2.35. The summed E-state index contributed by atoms with van der Waals surface area (Å²) in [6.45, 7) is 6.64. The van der Waals surface area contributed by atoms with Crippen molar-refractivity contribution < 1.29 is 10.0 Å². The summed E-state index contributed by atoms with van der Waals surface area (Å²) in [5.74, 6) is -0.331. The van der Waals surface area contributed by atoms with Gasteiger partial charge in [0.1, 0.15) is 11.5 Å². The highest BCUT2D eigenvalue weighted by molar-refractivity contribution is 5.93. The Hall–Kier alpha value is -2.05. The Balaban J connectivity index is 2.70. The molecule has 0 aliphatic carbocycles. The van der Waals surface area contributed by atoms with Crippen molar-refractivity contribution in [2.45, 2.75) is 33.7 Å². The molecule has 4 N–H and O–H groups in total. The van der Waals surface area contributed by atoms with E-state index in [1.807, 2.05) is 13.8 Å². The highest BCUT2D eigenvalue weighted by atomic mass is 16.4. The lowest BCUT2D eigenvalue weighted by atomic mass is 10.1. The van der Waals surface area contributed by atoms with E-state index < -0.39 is 0 Å². The van der Waals surface area contributed by atoms with Gasteiger partial charge in [0.2, 0.25) is 0 Å². The number of aromatic nitrogens is 2. The van der Waals surface area contributed by atoms with Gasteiger partial charge in [0.25, 0.3) is 5.91 Å². The van der Waals surface area contributed by atoms with Gasteiger partial charge >= 0.3 is 0 Å². The Morgan fingerprint density at radius 2 is 2.32 bits per heavy atom. The van der Waals surface area contributed by atoms with Gasteiger partial charge in [0.05, 0.1) is 5.69 Å². The first kappa shape index (κ1) is 15.0. The third-order valence-corrected chi connectivity index (χ3v) is 2.91. The van der Waals surface area contributed by atoms with Crippen LogP contribution in [0.5, 0.6) is 0 Å². The summed E-state index contributed by atoms with van der Waals surface area (Å²) < 4.78 is 1.67. The van der Waals surface area contributed by atoms with Crippen LogP contribution in [0, 0.1) is 5.92 Å². The Labute approximate surface area is 112 Å². The fourth-order valence-electron chi connectivity index (χ4n) is 1.61. The first-order valence-corrected chi connectivity index (χ1v) is 6.35. The Morgan fingerprint density at radius 3 is 2.84 bits per heavy atom. The summed E-state index contributed by atoms with van der Waals surface area (Å²) in [6, 6.07) is 1.78. The number of nitrogens with one attached hydrogen (secondary N) is 1. The van der Waals surface area contributed by atoms with Crippen LogP contribution in [0.2, 0.25) is 0 Å². The topological polar surface area (TPSA) is 106 Å². The molecule has 0 radical (unpaired) electrons. The molecule has 1 atom stereocenters. The second-order valence-corrected chi connectivity index (χ2v) is 4.33. The molecule has 0 aliphatic heterocycles. The van der Waals surface area contributed by atoms with Gasteiger partial charge in [-0.25, -0.2) is 0 Å². The van der Waals surface area contributed by atoms with Gasteiger partial charge in [0.15, 0.2) is 0 Å². The molecule has 1 heterocycles. The van der Waals surface area contributed by atoms with Gasteiger partial charge < -0.3 is 16.3 Å². The minimum atomic E-state index is -0.224. The Kier molecular flexibility index (Phi) is 5.35. The SMILES string of the molecule is CCc1cc(C(=O)NCC(C)C(N)=NO)n(CC)n1. The van der Waals surface area contributed by atoms with Crippen molar-refractivity contribution in [1.29, 1.82) is 0 Å². The normalized spacial score (nSPS) is 13.3. The van der Waals surface area contributed by atoms with Crippen molar-refractivity contribution in [2.24, 2.45) is 16.8 Å². The maximum absolute atomic E-state index is 12.1. The molecule has 0 aromatic carbocycles. The van der Waals surface area contributed by atoms with Crippen LogP contribution in [0.4, 0.5) is 0 Å². The van der Waals surface area contributed by atoms with E-state index in [2.05, 4.69) is 15.6 Å². The molecule has 0 fully saturated rings. The van der Waals surface area contributed by atoms with Crippen LogP contribution in [0.3, 0.4) is 0 Å². The number of nitrogens with two attached hydrogens (primary N) is 1. The van der Waals surface area contributed by atoms with E-state index in [9.17, 15) is 4.79 Å². The molecular formula is C12H21N5O2. The summed E-state index contributed by atoms with van der Waals surface area (Å²) in [5, 5.41) is 18.5. The van der Waals surface area contributed by atoms with E-state index in [0.717, 1.165) is 12.1 Å². The van der Waals surface area contributed by atoms with Gasteiger partial charge in [-0.1, -0.05) is 19.0 Å². The summed E-state index contributed by atoms with van der Waals surface area (Å²) in [7, 11) is 0. The highest BCUT2D eigenvalue weighted by Gasteiger charge is 2.15. The van der Waals surface area contributed by atoms with Crippen molar-refractivity contribution in [1.82, 2.24) is 15.1 Å². The van der Waals surface area contributed by atoms with E-state index in [1.165, 1.54) is 0 Å². The third kappa shape index (κ3) is 3.70. The highest BCUT2D eigenvalue weighted by Crippen LogP contribution is 2.06. The fraction of sp³-hybridized carbons (Fsp3) is 0.583. The molecule has 7 heteroatoms. The Morgan fingerprint density at radius 1 is 1.63 bits per heavy atom. The molecule has 0 saturated heterocycles. The molecule has 1 aromatic rings. The zero-order valence-electron chi connectivity index (χ0n) is 11.6. The van der Waals surface area contributed by atoms with Gasteiger partial charge in [0, 0.05) is 19.0 Å². The number of amidine groups is 1. The summed E-state index contributed by atoms with van der Waals surface area (Å²) in [6.07, 6.45) is 0.786. The van der Waals surface area contributed by atoms with Crippen LogP contribution in [0.1, 0.15) is 37.0 Å². The number of amides is 1. The molecule has 1 rings (SSSR count). The van der Waals surface area contributed by atoms with Crippen molar-refractivity contribution in [3.63, 3.8) is 0 Å². The van der Waals surface area contributed by atoms with E-state index in [-0.39, 0.29) is 17.7 Å². The molecule has 0 saturated carbocycles. The van der Waals surface area contributed by atoms with E-state index in [1.54, 1.807) is 17.7 Å². The third-order valence-electron chi connectivity index (χ3n) is 2.91. The van der Waals surface area contributed by atoms with Gasteiger partial charge in [-0.15, -0.1) is 0 Å². The van der Waals surface area contributed by atoms with Crippen LogP contribution in [0.15, 0.2) is 11.2 Å². The van der Waals surface area contributed by atoms with Gasteiger partial charge in [-0.3, -0.25) is 9.48 Å². The number of hydrogen-bond acceptors (Lipinski definition) is 4. The van der Waals surface area contributed by atoms with Crippen LogP contribution in [0.25, 0.3) is 0 Å². The summed E-state index contributed by atoms with van der Waals surface area (Å²) in [4.78, 5) is 12.1. The van der Waals surface area contributed by atoms with Gasteiger partial charge in [-0.05, 0) is 19.4 Å². The number of aryl methyl sites for hydroxylation is 2. The van der Waals surface area contributed by atoms with Crippen LogP contribution >= 0.6 is 0 Å². The second kappa shape index (κ2) is 6.77. The molecule has 1 unspecified atom stereocenters. The quantitative estimate of drug-likeness (QED) is 0.303. The molecule has 0 spiro atoms.